The Hall–Kier alpha value is -0.260. The van der Waals surface area contributed by atoms with Crippen LogP contribution in [-0.2, 0) is 0 Å². The molecule has 0 heterocycles. The van der Waals surface area contributed by atoms with Crippen molar-refractivity contribution in [3.8, 4) is 0 Å². The molecule has 0 N–H and O–H groups in total. The van der Waals surface area contributed by atoms with Gasteiger partial charge in [0.25, 0.3) is 0 Å². The highest BCUT2D eigenvalue weighted by atomic mass is 14.4. The van der Waals surface area contributed by atoms with Crippen molar-refractivity contribution < 1.29 is 0 Å². The van der Waals surface area contributed by atoms with Crippen LogP contribution < -0.4 is 0 Å². The summed E-state index contributed by atoms with van der Waals surface area (Å²) in [6.07, 6.45) is 6.30. The summed E-state index contributed by atoms with van der Waals surface area (Å²) in [5.74, 6) is 0.844. The first-order valence-corrected chi connectivity index (χ1v) is 4.76. The zero-order valence-electron chi connectivity index (χ0n) is 8.28. The minimum Gasteiger partial charge on any atom is -0.0856 e. The summed E-state index contributed by atoms with van der Waals surface area (Å²) in [5, 5.41) is 0. The first-order chi connectivity index (χ1) is 5.08. The molecule has 0 aliphatic heterocycles. The summed E-state index contributed by atoms with van der Waals surface area (Å²) in [4.78, 5) is 0. The third-order valence-corrected chi connectivity index (χ3v) is 3.15. The molecule has 0 amide bonds. The molecule has 11 heavy (non-hydrogen) atoms. The molecule has 1 rings (SSSR count). The van der Waals surface area contributed by atoms with Gasteiger partial charge < -0.3 is 0 Å². The molecule has 0 spiro atoms. The standard InChI is InChI=1S/C11H20/c1-5-6-10-7-11(4,8-10)9(2)3/h6,9H,5,7-8H2,1-4H3. The molecule has 0 aromatic heterocycles. The fourth-order valence-corrected chi connectivity index (χ4v) is 1.83. The molecule has 0 aromatic carbocycles. The monoisotopic (exact) mass is 152 g/mol. The zero-order chi connectivity index (χ0) is 8.48. The van der Waals surface area contributed by atoms with Gasteiger partial charge in [-0.1, -0.05) is 39.3 Å². The van der Waals surface area contributed by atoms with Crippen molar-refractivity contribution in [2.24, 2.45) is 11.3 Å². The van der Waals surface area contributed by atoms with Crippen molar-refractivity contribution in [2.75, 3.05) is 0 Å². The predicted molar refractivity (Wildman–Crippen MR) is 50.6 cm³/mol. The highest BCUT2D eigenvalue weighted by molar-refractivity contribution is 5.18. The topological polar surface area (TPSA) is 0 Å². The van der Waals surface area contributed by atoms with E-state index in [2.05, 4.69) is 33.8 Å². The van der Waals surface area contributed by atoms with Gasteiger partial charge in [-0.05, 0) is 30.6 Å². The Labute approximate surface area is 70.7 Å². The Balaban J connectivity index is 2.44. The first kappa shape index (κ1) is 8.83. The molecule has 0 radical (unpaired) electrons. The van der Waals surface area contributed by atoms with Crippen LogP contribution >= 0.6 is 0 Å². The van der Waals surface area contributed by atoms with Crippen LogP contribution in [0.1, 0.15) is 47.0 Å². The van der Waals surface area contributed by atoms with Crippen LogP contribution in [0, 0.1) is 11.3 Å². The molecule has 0 heteroatoms. The van der Waals surface area contributed by atoms with Crippen LogP contribution in [0.25, 0.3) is 0 Å². The van der Waals surface area contributed by atoms with Crippen LogP contribution in [0.15, 0.2) is 11.6 Å². The second kappa shape index (κ2) is 3.00. The molecule has 0 bridgehead atoms. The van der Waals surface area contributed by atoms with Gasteiger partial charge in [-0.2, -0.15) is 0 Å². The van der Waals surface area contributed by atoms with E-state index in [0.717, 1.165) is 5.92 Å². The summed E-state index contributed by atoms with van der Waals surface area (Å²) in [5.41, 5.74) is 2.31. The van der Waals surface area contributed by atoms with Gasteiger partial charge in [0, 0.05) is 0 Å². The van der Waals surface area contributed by atoms with Gasteiger partial charge in [0.1, 0.15) is 0 Å². The predicted octanol–water partition coefficient (Wildman–Crippen LogP) is 3.78. The Bertz CT molecular complexity index is 155. The van der Waals surface area contributed by atoms with E-state index in [1.165, 1.54) is 19.3 Å². The summed E-state index contributed by atoms with van der Waals surface area (Å²) in [7, 11) is 0. The lowest BCUT2D eigenvalue weighted by Gasteiger charge is -2.44. The smallest absolute Gasteiger partial charge is 0.0228 e. The Kier molecular flexibility index (Phi) is 2.41. The average molecular weight is 152 g/mol. The molecule has 0 unspecified atom stereocenters. The molecule has 1 saturated carbocycles. The molecule has 1 aliphatic rings. The lowest BCUT2D eigenvalue weighted by atomic mass is 9.61. The van der Waals surface area contributed by atoms with Gasteiger partial charge in [-0.3, -0.25) is 0 Å². The van der Waals surface area contributed by atoms with E-state index in [1.807, 2.05) is 0 Å². The fraction of sp³-hybridized carbons (Fsp3) is 0.818. The largest absolute Gasteiger partial charge is 0.0856 e. The summed E-state index contributed by atoms with van der Waals surface area (Å²) in [6.45, 7) is 9.30. The van der Waals surface area contributed by atoms with Crippen molar-refractivity contribution in [3.05, 3.63) is 11.6 Å². The van der Waals surface area contributed by atoms with E-state index in [4.69, 9.17) is 0 Å². The van der Waals surface area contributed by atoms with Gasteiger partial charge in [-0.15, -0.1) is 0 Å². The van der Waals surface area contributed by atoms with Gasteiger partial charge in [0.05, 0.1) is 0 Å². The average Bonchev–Trinajstić information content (AvgIpc) is 1.84. The second-order valence-electron chi connectivity index (χ2n) is 4.43. The minimum atomic E-state index is 0.626. The summed E-state index contributed by atoms with van der Waals surface area (Å²) < 4.78 is 0. The first-order valence-electron chi connectivity index (χ1n) is 4.76. The molecule has 64 valence electrons. The van der Waals surface area contributed by atoms with Gasteiger partial charge in [0.15, 0.2) is 0 Å². The van der Waals surface area contributed by atoms with E-state index < -0.39 is 0 Å². The lowest BCUT2D eigenvalue weighted by Crippen LogP contribution is -2.33. The van der Waals surface area contributed by atoms with E-state index in [9.17, 15) is 0 Å². The van der Waals surface area contributed by atoms with E-state index >= 15 is 0 Å². The molecule has 0 aromatic rings. The van der Waals surface area contributed by atoms with Gasteiger partial charge in [0.2, 0.25) is 0 Å². The maximum Gasteiger partial charge on any atom is -0.0228 e. The highest BCUT2D eigenvalue weighted by Gasteiger charge is 2.37. The summed E-state index contributed by atoms with van der Waals surface area (Å²) >= 11 is 0. The van der Waals surface area contributed by atoms with Gasteiger partial charge in [-0.25, -0.2) is 0 Å². The van der Waals surface area contributed by atoms with Crippen LogP contribution in [0.3, 0.4) is 0 Å². The van der Waals surface area contributed by atoms with E-state index in [1.54, 1.807) is 5.57 Å². The summed E-state index contributed by atoms with van der Waals surface area (Å²) in [6, 6.07) is 0. The van der Waals surface area contributed by atoms with Crippen molar-refractivity contribution in [1.82, 2.24) is 0 Å². The second-order valence-corrected chi connectivity index (χ2v) is 4.43. The Morgan fingerprint density at radius 3 is 2.36 bits per heavy atom. The molecule has 0 saturated heterocycles. The normalized spacial score (nSPS) is 30.5. The van der Waals surface area contributed by atoms with Crippen LogP contribution in [0.5, 0.6) is 0 Å². The SMILES string of the molecule is CCC=C1CC(C)(C(C)C)C1. The zero-order valence-corrected chi connectivity index (χ0v) is 8.28. The maximum absolute atomic E-state index is 2.41. The lowest BCUT2D eigenvalue weighted by molar-refractivity contribution is 0.152. The number of hydrogen-bond donors (Lipinski definition) is 0. The van der Waals surface area contributed by atoms with E-state index in [-0.39, 0.29) is 0 Å². The molecular weight excluding hydrogens is 132 g/mol. The van der Waals surface area contributed by atoms with Gasteiger partial charge >= 0.3 is 0 Å². The number of allylic oxidation sites excluding steroid dienone is 2. The number of hydrogen-bond acceptors (Lipinski definition) is 0. The highest BCUT2D eigenvalue weighted by Crippen LogP contribution is 2.50. The van der Waals surface area contributed by atoms with Crippen molar-refractivity contribution in [2.45, 2.75) is 47.0 Å². The Morgan fingerprint density at radius 1 is 1.45 bits per heavy atom. The van der Waals surface area contributed by atoms with E-state index in [0.29, 0.717) is 5.41 Å². The third-order valence-electron chi connectivity index (χ3n) is 3.15. The molecular formula is C11H20. The Morgan fingerprint density at radius 2 is 2.00 bits per heavy atom. The fourth-order valence-electron chi connectivity index (χ4n) is 1.83. The molecule has 1 aliphatic carbocycles. The third kappa shape index (κ3) is 1.66. The number of rotatable bonds is 2. The van der Waals surface area contributed by atoms with Crippen molar-refractivity contribution in [1.29, 1.82) is 0 Å². The van der Waals surface area contributed by atoms with Crippen LogP contribution in [-0.4, -0.2) is 0 Å². The van der Waals surface area contributed by atoms with Crippen LogP contribution in [0.4, 0.5) is 0 Å². The molecule has 0 atom stereocenters. The van der Waals surface area contributed by atoms with Crippen molar-refractivity contribution in [3.63, 3.8) is 0 Å². The van der Waals surface area contributed by atoms with Crippen molar-refractivity contribution >= 4 is 0 Å². The van der Waals surface area contributed by atoms with Crippen LogP contribution in [0.2, 0.25) is 0 Å². The molecule has 1 fully saturated rings. The minimum absolute atomic E-state index is 0.626. The molecule has 0 nitrogen and oxygen atoms in total. The maximum atomic E-state index is 2.41. The quantitative estimate of drug-likeness (QED) is 0.528.